The zero-order chi connectivity index (χ0) is 32.3. The van der Waals surface area contributed by atoms with Gasteiger partial charge in [-0.25, -0.2) is 4.39 Å². The van der Waals surface area contributed by atoms with Gasteiger partial charge >= 0.3 is 0 Å². The smallest absolute Gasteiger partial charge is 0.247 e. The number of H-pyrrole nitrogens is 1. The molecule has 0 unspecified atom stereocenters. The molecule has 240 valence electrons. The number of piperidine rings is 1. The normalized spacial score (nSPS) is 20.6. The number of aromatic nitrogens is 6. The molecule has 12 nitrogen and oxygen atoms in total. The number of nitrogens with one attached hydrogen (secondary N) is 2. The zero-order valence-electron chi connectivity index (χ0n) is 25.2. The molecule has 2 N–H and O–H groups in total. The third kappa shape index (κ3) is 6.64. The van der Waals surface area contributed by atoms with Crippen LogP contribution in [0.2, 0.25) is 5.02 Å². The van der Waals surface area contributed by atoms with Crippen molar-refractivity contribution in [1.82, 2.24) is 40.2 Å². The molecular weight excluding hydrogens is 625 g/mol. The Balaban J connectivity index is 1.26. The molecule has 2 aliphatic heterocycles. The van der Waals surface area contributed by atoms with Gasteiger partial charge in [-0.1, -0.05) is 23.7 Å². The van der Waals surface area contributed by atoms with Crippen LogP contribution in [0.1, 0.15) is 23.5 Å². The molecule has 3 aromatic carbocycles. The van der Waals surface area contributed by atoms with Gasteiger partial charge in [0, 0.05) is 59.3 Å². The van der Waals surface area contributed by atoms with E-state index in [4.69, 9.17) is 16.3 Å². The molecule has 0 aliphatic carbocycles. The maximum absolute atomic E-state index is 14.3. The fourth-order valence-electron chi connectivity index (χ4n) is 6.47. The second kappa shape index (κ2) is 13.4. The van der Waals surface area contributed by atoms with E-state index in [-0.39, 0.29) is 23.7 Å². The van der Waals surface area contributed by atoms with E-state index in [9.17, 15) is 14.0 Å². The van der Waals surface area contributed by atoms with Gasteiger partial charge in [0.15, 0.2) is 0 Å². The molecule has 47 heavy (non-hydrogen) atoms. The third-order valence-electron chi connectivity index (χ3n) is 8.76. The number of hydrogen-bond acceptors (Lipinski definition) is 8. The minimum atomic E-state index is -0.895. The van der Waals surface area contributed by atoms with Gasteiger partial charge in [0.25, 0.3) is 0 Å². The summed E-state index contributed by atoms with van der Waals surface area (Å²) in [6.07, 6.45) is 6.82. The number of carbonyl (C=O) groups is 2. The summed E-state index contributed by atoms with van der Waals surface area (Å²) in [6.45, 7) is 2.90. The zero-order valence-corrected chi connectivity index (χ0v) is 25.9. The number of benzene rings is 3. The molecule has 7 rings (SSSR count). The number of rotatable bonds is 7. The molecule has 0 spiro atoms. The van der Waals surface area contributed by atoms with E-state index in [1.54, 1.807) is 53.6 Å². The molecule has 0 saturated carbocycles. The first-order valence-corrected chi connectivity index (χ1v) is 15.6. The van der Waals surface area contributed by atoms with E-state index in [2.05, 4.69) is 35.9 Å². The summed E-state index contributed by atoms with van der Waals surface area (Å²) < 4.78 is 21.2. The molecule has 5 aromatic rings. The summed E-state index contributed by atoms with van der Waals surface area (Å²) in [5.41, 5.74) is 3.42. The molecule has 2 amide bonds. The van der Waals surface area contributed by atoms with Gasteiger partial charge < -0.3 is 15.0 Å². The Morgan fingerprint density at radius 1 is 1.06 bits per heavy atom. The molecule has 14 heteroatoms. The summed E-state index contributed by atoms with van der Waals surface area (Å²) >= 11 is 6.32. The number of likely N-dealkylation sites (tertiary alicyclic amines) is 1. The minimum Gasteiger partial charge on any atom is -0.379 e. The van der Waals surface area contributed by atoms with Gasteiger partial charge in [-0.15, -0.1) is 5.10 Å². The molecule has 2 saturated heterocycles. The molecule has 3 atom stereocenters. The number of fused-ring (bicyclic) bond motifs is 1. The maximum atomic E-state index is 14.3. The van der Waals surface area contributed by atoms with Gasteiger partial charge in [-0.3, -0.25) is 19.6 Å². The lowest BCUT2D eigenvalue weighted by Gasteiger charge is -2.47. The topological polar surface area (TPSA) is 134 Å². The molecule has 2 aromatic heterocycles. The highest BCUT2D eigenvalue weighted by Crippen LogP contribution is 2.36. The van der Waals surface area contributed by atoms with Crippen molar-refractivity contribution in [3.63, 3.8) is 0 Å². The maximum Gasteiger partial charge on any atom is 0.247 e. The number of carbonyl (C=O) groups excluding carboxylic acids is 2. The lowest BCUT2D eigenvalue weighted by Crippen LogP contribution is -2.61. The summed E-state index contributed by atoms with van der Waals surface area (Å²) in [4.78, 5) is 32.5. The number of morpholine rings is 1. The SMILES string of the molecule is O=C(Nc1ccc2[nH]ncc2c1)[C@@H]1[C@H](c2ccc(F)cc2)C[C@H](N2CCOCC2)CN1C(=O)C=Cc1cc(Cl)ccc1-n1cnnn1. The Bertz CT molecular complexity index is 1910. The second-order valence-electron chi connectivity index (χ2n) is 11.6. The predicted molar refractivity (Wildman–Crippen MR) is 173 cm³/mol. The molecule has 4 heterocycles. The van der Waals surface area contributed by atoms with Crippen molar-refractivity contribution < 1.29 is 18.7 Å². The second-order valence-corrected chi connectivity index (χ2v) is 12.0. The molecule has 2 aliphatic rings. The van der Waals surface area contributed by atoms with Gasteiger partial charge in [0.05, 0.1) is 30.6 Å². The van der Waals surface area contributed by atoms with Crippen LogP contribution >= 0.6 is 11.6 Å². The van der Waals surface area contributed by atoms with Crippen molar-refractivity contribution >= 4 is 46.1 Å². The van der Waals surface area contributed by atoms with Crippen LogP contribution in [0, 0.1) is 5.82 Å². The number of hydrogen-bond donors (Lipinski definition) is 2. The largest absolute Gasteiger partial charge is 0.379 e. The van der Waals surface area contributed by atoms with Crippen LogP contribution in [0.15, 0.2) is 79.3 Å². The van der Waals surface area contributed by atoms with E-state index in [1.807, 2.05) is 12.1 Å². The first-order valence-electron chi connectivity index (χ1n) is 15.3. The van der Waals surface area contributed by atoms with E-state index in [0.717, 1.165) is 16.5 Å². The molecule has 0 bridgehead atoms. The number of halogens is 2. The number of nitrogens with zero attached hydrogens (tertiary/aromatic N) is 7. The van der Waals surface area contributed by atoms with E-state index in [1.165, 1.54) is 29.2 Å². The van der Waals surface area contributed by atoms with Crippen LogP contribution in [0.25, 0.3) is 22.7 Å². The standard InChI is InChI=1S/C33H31ClFN9O3/c34-24-4-9-30(44-20-37-40-41-44)22(15-24)3-10-31(45)43-19-27(42-11-13-47-14-12-42)17-28(21-1-5-25(35)6-2-21)32(43)33(46)38-26-7-8-29-23(16-26)18-36-39-29/h1-10,15-16,18,20,27-28,32H,11-14,17,19H2,(H,36,39)(H,38,46)/t27-,28-,32-/m0/s1. The highest BCUT2D eigenvalue weighted by atomic mass is 35.5. The Morgan fingerprint density at radius 3 is 2.68 bits per heavy atom. The van der Waals surface area contributed by atoms with Crippen molar-refractivity contribution in [3.05, 3.63) is 101 Å². The van der Waals surface area contributed by atoms with E-state index in [0.29, 0.717) is 61.2 Å². The summed E-state index contributed by atoms with van der Waals surface area (Å²) in [5, 5.41) is 22.7. The average molecular weight is 656 g/mol. The van der Waals surface area contributed by atoms with Gasteiger partial charge in [-0.2, -0.15) is 9.78 Å². The van der Waals surface area contributed by atoms with Gasteiger partial charge in [-0.05, 0) is 77.0 Å². The molecular formula is C33H31ClFN9O3. The van der Waals surface area contributed by atoms with Gasteiger partial charge in [0.2, 0.25) is 11.8 Å². The highest BCUT2D eigenvalue weighted by molar-refractivity contribution is 6.30. The van der Waals surface area contributed by atoms with E-state index < -0.39 is 12.0 Å². The number of amides is 2. The van der Waals surface area contributed by atoms with Crippen molar-refractivity contribution in [1.29, 1.82) is 0 Å². The van der Waals surface area contributed by atoms with Crippen LogP contribution in [0.4, 0.5) is 10.1 Å². The van der Waals surface area contributed by atoms with Crippen LogP contribution in [0.3, 0.4) is 0 Å². The van der Waals surface area contributed by atoms with Crippen molar-refractivity contribution in [3.8, 4) is 5.69 Å². The Labute approximate surface area is 274 Å². The number of tetrazole rings is 1. The summed E-state index contributed by atoms with van der Waals surface area (Å²) in [5.74, 6) is -1.50. The van der Waals surface area contributed by atoms with E-state index >= 15 is 0 Å². The first-order chi connectivity index (χ1) is 22.9. The lowest BCUT2D eigenvalue weighted by atomic mass is 9.80. The van der Waals surface area contributed by atoms with Crippen molar-refractivity contribution in [2.24, 2.45) is 0 Å². The van der Waals surface area contributed by atoms with Crippen LogP contribution < -0.4 is 5.32 Å². The summed E-state index contributed by atoms with van der Waals surface area (Å²) in [7, 11) is 0. The molecule has 2 fully saturated rings. The fourth-order valence-corrected chi connectivity index (χ4v) is 6.65. The Hall–Kier alpha value is -4.98. The fraction of sp³-hybridized carbons (Fsp3) is 0.273. The van der Waals surface area contributed by atoms with Crippen LogP contribution in [0.5, 0.6) is 0 Å². The quantitative estimate of drug-likeness (QED) is 0.251. The average Bonchev–Trinajstić information content (AvgIpc) is 3.80. The summed E-state index contributed by atoms with van der Waals surface area (Å²) in [6, 6.07) is 15.9. The van der Waals surface area contributed by atoms with Crippen LogP contribution in [-0.4, -0.2) is 97.0 Å². The number of ether oxygens (including phenoxy) is 1. The number of aromatic amines is 1. The predicted octanol–water partition coefficient (Wildman–Crippen LogP) is 4.07. The van der Waals surface area contributed by atoms with Crippen molar-refractivity contribution in [2.45, 2.75) is 24.4 Å². The highest BCUT2D eigenvalue weighted by Gasteiger charge is 2.44. The van der Waals surface area contributed by atoms with Crippen LogP contribution in [-0.2, 0) is 14.3 Å². The third-order valence-corrected chi connectivity index (χ3v) is 9.00. The molecule has 0 radical (unpaired) electrons. The first kappa shape index (κ1) is 30.7. The number of anilines is 1. The Kier molecular flexibility index (Phi) is 8.74. The lowest BCUT2D eigenvalue weighted by molar-refractivity contribution is -0.140. The van der Waals surface area contributed by atoms with Crippen molar-refractivity contribution in [2.75, 3.05) is 38.2 Å². The monoisotopic (exact) mass is 655 g/mol. The minimum absolute atomic E-state index is 0.0550. The Morgan fingerprint density at radius 2 is 1.89 bits per heavy atom. The van der Waals surface area contributed by atoms with Gasteiger partial charge in [0.1, 0.15) is 18.2 Å².